The molecule has 0 amide bonds. The maximum absolute atomic E-state index is 13.1. The van der Waals surface area contributed by atoms with Gasteiger partial charge in [-0.1, -0.05) is 11.6 Å². The molecule has 0 spiro atoms. The average Bonchev–Trinajstić information content (AvgIpc) is 2.18. The summed E-state index contributed by atoms with van der Waals surface area (Å²) in [7, 11) is 0. The van der Waals surface area contributed by atoms with E-state index in [-0.39, 0.29) is 5.82 Å². The van der Waals surface area contributed by atoms with Crippen molar-refractivity contribution in [3.05, 3.63) is 29.0 Å². The summed E-state index contributed by atoms with van der Waals surface area (Å²) in [6, 6.07) is 4.43. The SMILES string of the molecule is CC#CCCNc1cc(Cl)ccc1F. The van der Waals surface area contributed by atoms with Crippen molar-refractivity contribution in [3.63, 3.8) is 0 Å². The van der Waals surface area contributed by atoms with E-state index in [2.05, 4.69) is 17.2 Å². The molecule has 3 heteroatoms. The zero-order valence-corrected chi connectivity index (χ0v) is 8.66. The standard InChI is InChI=1S/C11H11ClFN/c1-2-3-4-7-14-11-8-9(12)5-6-10(11)13/h5-6,8,14H,4,7H2,1H3. The van der Waals surface area contributed by atoms with Gasteiger partial charge in [0.25, 0.3) is 0 Å². The molecule has 0 unspecified atom stereocenters. The molecule has 14 heavy (non-hydrogen) atoms. The van der Waals surface area contributed by atoms with Gasteiger partial charge < -0.3 is 5.32 Å². The summed E-state index contributed by atoms with van der Waals surface area (Å²) >= 11 is 5.72. The highest BCUT2D eigenvalue weighted by molar-refractivity contribution is 6.30. The molecule has 0 aliphatic carbocycles. The number of rotatable bonds is 3. The Balaban J connectivity index is 2.56. The van der Waals surface area contributed by atoms with E-state index in [1.165, 1.54) is 12.1 Å². The molecule has 1 nitrogen and oxygen atoms in total. The smallest absolute Gasteiger partial charge is 0.146 e. The molecule has 0 saturated carbocycles. The lowest BCUT2D eigenvalue weighted by Gasteiger charge is -2.05. The molecule has 0 radical (unpaired) electrons. The van der Waals surface area contributed by atoms with E-state index in [1.807, 2.05) is 0 Å². The van der Waals surface area contributed by atoms with Crippen molar-refractivity contribution in [2.75, 3.05) is 11.9 Å². The van der Waals surface area contributed by atoms with E-state index < -0.39 is 0 Å². The van der Waals surface area contributed by atoms with E-state index in [9.17, 15) is 4.39 Å². The molecule has 1 rings (SSSR count). The first kappa shape index (κ1) is 10.9. The van der Waals surface area contributed by atoms with Crippen LogP contribution in [-0.2, 0) is 0 Å². The van der Waals surface area contributed by atoms with Crippen molar-refractivity contribution >= 4 is 17.3 Å². The summed E-state index contributed by atoms with van der Waals surface area (Å²) < 4.78 is 13.1. The van der Waals surface area contributed by atoms with Crippen LogP contribution in [0.1, 0.15) is 13.3 Å². The second-order valence-electron chi connectivity index (χ2n) is 2.73. The molecule has 0 bridgehead atoms. The normalized spacial score (nSPS) is 9.07. The van der Waals surface area contributed by atoms with E-state index >= 15 is 0 Å². The highest BCUT2D eigenvalue weighted by atomic mass is 35.5. The van der Waals surface area contributed by atoms with Crippen LogP contribution < -0.4 is 5.32 Å². The maximum atomic E-state index is 13.1. The maximum Gasteiger partial charge on any atom is 0.146 e. The Bertz CT molecular complexity index is 365. The van der Waals surface area contributed by atoms with Crippen LogP contribution in [0.4, 0.5) is 10.1 Å². The fourth-order valence-electron chi connectivity index (χ4n) is 1.02. The van der Waals surface area contributed by atoms with Gasteiger partial charge in [0.2, 0.25) is 0 Å². The molecule has 0 aromatic heterocycles. The minimum atomic E-state index is -0.293. The molecule has 0 heterocycles. The Morgan fingerprint density at radius 2 is 2.29 bits per heavy atom. The van der Waals surface area contributed by atoms with Crippen LogP contribution in [0.2, 0.25) is 5.02 Å². The predicted octanol–water partition coefficient (Wildman–Crippen LogP) is 3.30. The Morgan fingerprint density at radius 1 is 1.50 bits per heavy atom. The van der Waals surface area contributed by atoms with Gasteiger partial charge in [-0.15, -0.1) is 11.8 Å². The Hall–Kier alpha value is -1.20. The summed E-state index contributed by atoms with van der Waals surface area (Å²) in [5, 5.41) is 3.45. The van der Waals surface area contributed by atoms with Gasteiger partial charge in [-0.05, 0) is 25.1 Å². The van der Waals surface area contributed by atoms with Crippen molar-refractivity contribution in [3.8, 4) is 11.8 Å². The molecular formula is C11H11ClFN. The van der Waals surface area contributed by atoms with E-state index in [0.29, 0.717) is 23.7 Å². The zero-order valence-electron chi connectivity index (χ0n) is 7.90. The Labute approximate surface area is 88.3 Å². The molecule has 1 aromatic carbocycles. The van der Waals surface area contributed by atoms with Gasteiger partial charge in [0.15, 0.2) is 0 Å². The second kappa shape index (κ2) is 5.51. The largest absolute Gasteiger partial charge is 0.382 e. The third-order valence-electron chi connectivity index (χ3n) is 1.67. The summed E-state index contributed by atoms with van der Waals surface area (Å²) in [5.41, 5.74) is 0.426. The lowest BCUT2D eigenvalue weighted by Crippen LogP contribution is -2.02. The second-order valence-corrected chi connectivity index (χ2v) is 3.16. The van der Waals surface area contributed by atoms with Crippen LogP contribution in [0.15, 0.2) is 18.2 Å². The van der Waals surface area contributed by atoms with Gasteiger partial charge >= 0.3 is 0 Å². The quantitative estimate of drug-likeness (QED) is 0.598. The van der Waals surface area contributed by atoms with Gasteiger partial charge in [0.05, 0.1) is 5.69 Å². The number of nitrogens with one attached hydrogen (secondary N) is 1. The van der Waals surface area contributed by atoms with Crippen LogP contribution in [0.5, 0.6) is 0 Å². The Morgan fingerprint density at radius 3 is 3.00 bits per heavy atom. The molecule has 0 aliphatic heterocycles. The van der Waals surface area contributed by atoms with Gasteiger partial charge in [0.1, 0.15) is 5.82 Å². The molecule has 0 aliphatic rings. The van der Waals surface area contributed by atoms with Crippen LogP contribution in [0.3, 0.4) is 0 Å². The van der Waals surface area contributed by atoms with E-state index in [1.54, 1.807) is 13.0 Å². The van der Waals surface area contributed by atoms with E-state index in [4.69, 9.17) is 11.6 Å². The molecular weight excluding hydrogens is 201 g/mol. The van der Waals surface area contributed by atoms with Gasteiger partial charge in [-0.3, -0.25) is 0 Å². The van der Waals surface area contributed by atoms with Crippen LogP contribution in [0, 0.1) is 17.7 Å². The van der Waals surface area contributed by atoms with Crippen LogP contribution >= 0.6 is 11.6 Å². The molecule has 0 fully saturated rings. The zero-order chi connectivity index (χ0) is 10.4. The number of hydrogen-bond donors (Lipinski definition) is 1. The topological polar surface area (TPSA) is 12.0 Å². The first-order valence-electron chi connectivity index (χ1n) is 4.32. The van der Waals surface area contributed by atoms with Crippen molar-refractivity contribution in [1.82, 2.24) is 0 Å². The number of anilines is 1. The lowest BCUT2D eigenvalue weighted by molar-refractivity contribution is 0.630. The number of benzene rings is 1. The van der Waals surface area contributed by atoms with Crippen molar-refractivity contribution in [1.29, 1.82) is 0 Å². The molecule has 1 N–H and O–H groups in total. The highest BCUT2D eigenvalue weighted by Gasteiger charge is 2.00. The fraction of sp³-hybridized carbons (Fsp3) is 0.273. The summed E-state index contributed by atoms with van der Waals surface area (Å²) in [6.07, 6.45) is 0.697. The lowest BCUT2D eigenvalue weighted by atomic mass is 10.3. The molecule has 74 valence electrons. The van der Waals surface area contributed by atoms with Gasteiger partial charge in [0, 0.05) is 18.0 Å². The van der Waals surface area contributed by atoms with Gasteiger partial charge in [-0.25, -0.2) is 4.39 Å². The molecule has 0 saturated heterocycles. The minimum Gasteiger partial charge on any atom is -0.382 e. The predicted molar refractivity (Wildman–Crippen MR) is 58.0 cm³/mol. The fourth-order valence-corrected chi connectivity index (χ4v) is 1.19. The summed E-state index contributed by atoms with van der Waals surface area (Å²) in [5.74, 6) is 5.36. The third kappa shape index (κ3) is 3.27. The van der Waals surface area contributed by atoms with Gasteiger partial charge in [-0.2, -0.15) is 0 Å². The number of halogens is 2. The first-order chi connectivity index (χ1) is 6.74. The summed E-state index contributed by atoms with van der Waals surface area (Å²) in [4.78, 5) is 0. The highest BCUT2D eigenvalue weighted by Crippen LogP contribution is 2.19. The first-order valence-corrected chi connectivity index (χ1v) is 4.70. The average molecular weight is 212 g/mol. The molecule has 1 aromatic rings. The molecule has 0 atom stereocenters. The number of hydrogen-bond acceptors (Lipinski definition) is 1. The van der Waals surface area contributed by atoms with E-state index in [0.717, 1.165) is 0 Å². The third-order valence-corrected chi connectivity index (χ3v) is 1.91. The van der Waals surface area contributed by atoms with Crippen molar-refractivity contribution in [2.24, 2.45) is 0 Å². The van der Waals surface area contributed by atoms with Crippen LogP contribution in [-0.4, -0.2) is 6.54 Å². The minimum absolute atomic E-state index is 0.293. The van der Waals surface area contributed by atoms with Crippen LogP contribution in [0.25, 0.3) is 0 Å². The monoisotopic (exact) mass is 211 g/mol. The van der Waals surface area contributed by atoms with Crippen molar-refractivity contribution in [2.45, 2.75) is 13.3 Å². The summed E-state index contributed by atoms with van der Waals surface area (Å²) in [6.45, 7) is 2.40. The Kier molecular flexibility index (Phi) is 4.28. The van der Waals surface area contributed by atoms with Crippen molar-refractivity contribution < 1.29 is 4.39 Å².